The van der Waals surface area contributed by atoms with E-state index in [4.69, 9.17) is 11.6 Å². The Hall–Kier alpha value is -1.43. The summed E-state index contributed by atoms with van der Waals surface area (Å²) in [6.07, 6.45) is -1.21. The SMILES string of the molecule is CC.FC(F)c1nnc(-c2ncc3c(Cl)cc(SNC4(C(F)F)CC4)cn23)s1. The molecule has 3 heterocycles. The van der Waals surface area contributed by atoms with E-state index in [1.54, 1.807) is 16.7 Å². The minimum Gasteiger partial charge on any atom is -0.295 e. The van der Waals surface area contributed by atoms with Gasteiger partial charge in [-0.1, -0.05) is 36.8 Å². The summed E-state index contributed by atoms with van der Waals surface area (Å²) < 4.78 is 55.9. The molecule has 0 spiro atoms. The highest BCUT2D eigenvalue weighted by molar-refractivity contribution is 7.97. The zero-order valence-corrected chi connectivity index (χ0v) is 17.2. The maximum Gasteiger partial charge on any atom is 0.291 e. The minimum absolute atomic E-state index is 0.220. The van der Waals surface area contributed by atoms with Crippen molar-refractivity contribution in [1.29, 1.82) is 0 Å². The Kier molecular flexibility index (Phi) is 6.47. The van der Waals surface area contributed by atoms with Crippen LogP contribution in [0, 0.1) is 0 Å². The Morgan fingerprint density at radius 2 is 1.96 bits per heavy atom. The molecule has 0 unspecified atom stereocenters. The summed E-state index contributed by atoms with van der Waals surface area (Å²) in [4.78, 5) is 4.77. The number of fused-ring (bicyclic) bond motifs is 1. The van der Waals surface area contributed by atoms with Crippen LogP contribution < -0.4 is 4.72 Å². The topological polar surface area (TPSA) is 55.1 Å². The van der Waals surface area contributed by atoms with Crippen molar-refractivity contribution in [3.63, 3.8) is 0 Å². The molecule has 0 amide bonds. The highest BCUT2D eigenvalue weighted by Crippen LogP contribution is 2.43. The van der Waals surface area contributed by atoms with Crippen LogP contribution in [0.4, 0.5) is 17.6 Å². The van der Waals surface area contributed by atoms with Crippen LogP contribution in [0.5, 0.6) is 0 Å². The van der Waals surface area contributed by atoms with Crippen LogP contribution >= 0.6 is 34.9 Å². The molecule has 152 valence electrons. The Balaban J connectivity index is 0.00000109. The van der Waals surface area contributed by atoms with Crippen LogP contribution in [0.1, 0.15) is 38.1 Å². The average Bonchev–Trinajstić information content (AvgIpc) is 3.11. The third-order valence-electron chi connectivity index (χ3n) is 3.96. The quantitative estimate of drug-likeness (QED) is 0.374. The molecule has 1 fully saturated rings. The lowest BCUT2D eigenvalue weighted by Gasteiger charge is -2.15. The Bertz CT molecular complexity index is 958. The lowest BCUT2D eigenvalue weighted by Crippen LogP contribution is -2.33. The summed E-state index contributed by atoms with van der Waals surface area (Å²) in [6, 6.07) is 1.63. The van der Waals surface area contributed by atoms with E-state index in [0.29, 0.717) is 34.1 Å². The van der Waals surface area contributed by atoms with Gasteiger partial charge in [0.05, 0.1) is 22.3 Å². The van der Waals surface area contributed by atoms with Gasteiger partial charge in [0.1, 0.15) is 0 Å². The predicted molar refractivity (Wildman–Crippen MR) is 102 cm³/mol. The van der Waals surface area contributed by atoms with Gasteiger partial charge in [-0.2, -0.15) is 0 Å². The third kappa shape index (κ3) is 4.12. The van der Waals surface area contributed by atoms with E-state index in [0.717, 1.165) is 23.3 Å². The van der Waals surface area contributed by atoms with Gasteiger partial charge in [0.25, 0.3) is 12.9 Å². The average molecular weight is 454 g/mol. The van der Waals surface area contributed by atoms with Crippen molar-refractivity contribution < 1.29 is 17.6 Å². The van der Waals surface area contributed by atoms with Gasteiger partial charge in [-0.15, -0.1) is 10.2 Å². The van der Waals surface area contributed by atoms with Gasteiger partial charge in [-0.05, 0) is 30.9 Å². The molecular formula is C16H16ClF4N5S2. The van der Waals surface area contributed by atoms with Crippen LogP contribution in [0.25, 0.3) is 16.3 Å². The van der Waals surface area contributed by atoms with Crippen LogP contribution in [-0.4, -0.2) is 31.5 Å². The Labute approximate surface area is 171 Å². The first kappa shape index (κ1) is 21.3. The summed E-state index contributed by atoms with van der Waals surface area (Å²) in [6.45, 7) is 4.00. The summed E-state index contributed by atoms with van der Waals surface area (Å²) in [7, 11) is 0. The molecule has 1 aliphatic carbocycles. The monoisotopic (exact) mass is 453 g/mol. The summed E-state index contributed by atoms with van der Waals surface area (Å²) in [5.74, 6) is 0.309. The first-order valence-corrected chi connectivity index (χ1v) is 10.4. The molecule has 0 saturated heterocycles. The van der Waals surface area contributed by atoms with E-state index < -0.39 is 23.4 Å². The van der Waals surface area contributed by atoms with E-state index in [1.165, 1.54) is 6.20 Å². The fourth-order valence-corrected chi connectivity index (χ4v) is 4.28. The van der Waals surface area contributed by atoms with Crippen molar-refractivity contribution in [1.82, 2.24) is 24.3 Å². The number of imidazole rings is 1. The van der Waals surface area contributed by atoms with Crippen molar-refractivity contribution in [3.05, 3.63) is 28.5 Å². The number of rotatable bonds is 6. The normalized spacial score (nSPS) is 15.2. The highest BCUT2D eigenvalue weighted by atomic mass is 35.5. The van der Waals surface area contributed by atoms with Gasteiger partial charge in [0.15, 0.2) is 15.8 Å². The molecule has 0 bridgehead atoms. The van der Waals surface area contributed by atoms with Gasteiger partial charge in [0, 0.05) is 11.1 Å². The summed E-state index contributed by atoms with van der Waals surface area (Å²) in [5.41, 5.74) is -0.607. The number of halogens is 5. The van der Waals surface area contributed by atoms with Gasteiger partial charge >= 0.3 is 0 Å². The lowest BCUT2D eigenvalue weighted by molar-refractivity contribution is 0.0985. The third-order valence-corrected chi connectivity index (χ3v) is 6.16. The molecule has 1 aliphatic rings. The summed E-state index contributed by atoms with van der Waals surface area (Å²) >= 11 is 8.03. The van der Waals surface area contributed by atoms with Crippen LogP contribution in [0.3, 0.4) is 0 Å². The molecule has 0 aromatic carbocycles. The van der Waals surface area contributed by atoms with Crippen molar-refractivity contribution in [2.75, 3.05) is 0 Å². The van der Waals surface area contributed by atoms with E-state index in [9.17, 15) is 17.6 Å². The molecule has 0 aliphatic heterocycles. The van der Waals surface area contributed by atoms with Crippen LogP contribution in [0.2, 0.25) is 5.02 Å². The molecule has 5 nitrogen and oxygen atoms in total. The second kappa shape index (κ2) is 8.52. The van der Waals surface area contributed by atoms with E-state index >= 15 is 0 Å². The molecule has 3 aromatic rings. The zero-order chi connectivity index (χ0) is 20.5. The lowest BCUT2D eigenvalue weighted by atomic mass is 10.3. The molecule has 1 saturated carbocycles. The molecule has 3 aromatic heterocycles. The molecule has 12 heteroatoms. The molecule has 4 rings (SSSR count). The Morgan fingerprint density at radius 3 is 2.54 bits per heavy atom. The number of hydrogen-bond acceptors (Lipinski definition) is 6. The van der Waals surface area contributed by atoms with Gasteiger partial charge in [-0.25, -0.2) is 27.3 Å². The summed E-state index contributed by atoms with van der Waals surface area (Å²) in [5, 5.41) is 7.38. The van der Waals surface area contributed by atoms with Crippen molar-refractivity contribution in [2.24, 2.45) is 0 Å². The van der Waals surface area contributed by atoms with Crippen molar-refractivity contribution in [2.45, 2.75) is 50.0 Å². The predicted octanol–water partition coefficient (Wildman–Crippen LogP) is 5.86. The maximum absolute atomic E-state index is 13.0. The molecule has 0 radical (unpaired) electrons. The van der Waals surface area contributed by atoms with Gasteiger partial charge < -0.3 is 0 Å². The van der Waals surface area contributed by atoms with E-state index in [1.807, 2.05) is 13.8 Å². The number of nitrogens with zero attached hydrogens (tertiary/aromatic N) is 4. The first-order chi connectivity index (χ1) is 13.4. The zero-order valence-electron chi connectivity index (χ0n) is 14.8. The van der Waals surface area contributed by atoms with E-state index in [-0.39, 0.29) is 5.01 Å². The van der Waals surface area contributed by atoms with Crippen molar-refractivity contribution in [3.8, 4) is 10.8 Å². The molecule has 0 atom stereocenters. The second-order valence-electron chi connectivity index (χ2n) is 5.77. The number of aromatic nitrogens is 4. The number of hydrogen-bond donors (Lipinski definition) is 1. The molecule has 28 heavy (non-hydrogen) atoms. The standard InChI is InChI=1S/C14H10ClF4N5S2.C2H6/c15-7-3-6(26-23-14(1-2-14)13(18)19)5-24-8(7)4-20-10(24)12-22-21-11(25-12)9(16)17;1-2/h3-5,9,13,23H,1-2H2;1-2H3. The largest absolute Gasteiger partial charge is 0.295 e. The van der Waals surface area contributed by atoms with Crippen LogP contribution in [0.15, 0.2) is 23.4 Å². The fraction of sp³-hybridized carbons (Fsp3) is 0.438. The molecule has 1 N–H and O–H groups in total. The highest BCUT2D eigenvalue weighted by Gasteiger charge is 2.51. The Morgan fingerprint density at radius 1 is 1.25 bits per heavy atom. The molecular weight excluding hydrogens is 438 g/mol. The van der Waals surface area contributed by atoms with Gasteiger partial charge in [0.2, 0.25) is 0 Å². The smallest absolute Gasteiger partial charge is 0.291 e. The van der Waals surface area contributed by atoms with Gasteiger partial charge in [-0.3, -0.25) is 4.40 Å². The van der Waals surface area contributed by atoms with Crippen LogP contribution in [-0.2, 0) is 0 Å². The number of nitrogens with one attached hydrogen (secondary N) is 1. The number of pyridine rings is 1. The maximum atomic E-state index is 13.0. The first-order valence-electron chi connectivity index (χ1n) is 8.40. The fourth-order valence-electron chi connectivity index (χ4n) is 2.32. The van der Waals surface area contributed by atoms with E-state index in [2.05, 4.69) is 19.9 Å². The van der Waals surface area contributed by atoms with Crippen molar-refractivity contribution >= 4 is 40.4 Å². The minimum atomic E-state index is -2.71. The second-order valence-corrected chi connectivity index (χ2v) is 8.06. The number of alkyl halides is 4.